The van der Waals surface area contributed by atoms with Crippen molar-refractivity contribution >= 4 is 0 Å². The van der Waals surface area contributed by atoms with Gasteiger partial charge in [0.25, 0.3) is 0 Å². The molecular weight excluding hydrogens is 209 g/mol. The van der Waals surface area contributed by atoms with E-state index < -0.39 is 34.8 Å². The van der Waals surface area contributed by atoms with Crippen LogP contribution in [-0.4, -0.2) is 11.7 Å². The first-order valence-electron chi connectivity index (χ1n) is 4.31. The van der Waals surface area contributed by atoms with Crippen LogP contribution in [0, 0.1) is 17.5 Å². The van der Waals surface area contributed by atoms with Gasteiger partial charge in [0.2, 0.25) is 0 Å². The number of aromatic hydroxyl groups is 1. The molecule has 0 saturated carbocycles. The van der Waals surface area contributed by atoms with Crippen LogP contribution in [0.15, 0.2) is 6.07 Å². The molecular formula is C9H11F3N2O. The molecule has 3 nitrogen and oxygen atoms in total. The Morgan fingerprint density at radius 3 is 2.40 bits per heavy atom. The average molecular weight is 220 g/mol. The van der Waals surface area contributed by atoms with Crippen molar-refractivity contribution in [2.75, 3.05) is 6.54 Å². The minimum absolute atomic E-state index is 0.152. The molecule has 0 spiro atoms. The van der Waals surface area contributed by atoms with E-state index in [0.717, 1.165) is 0 Å². The van der Waals surface area contributed by atoms with Crippen LogP contribution in [0.3, 0.4) is 0 Å². The number of phenols is 1. The van der Waals surface area contributed by atoms with Crippen LogP contribution in [0.25, 0.3) is 0 Å². The minimum Gasteiger partial charge on any atom is -0.507 e. The Kier molecular flexibility index (Phi) is 3.54. The lowest BCUT2D eigenvalue weighted by molar-refractivity contribution is 0.398. The number of rotatable bonds is 3. The highest BCUT2D eigenvalue weighted by atomic mass is 19.2. The predicted molar refractivity (Wildman–Crippen MR) is 48.6 cm³/mol. The number of nitrogens with two attached hydrogens (primary N) is 2. The molecule has 0 aliphatic heterocycles. The number of benzene rings is 1. The van der Waals surface area contributed by atoms with Crippen LogP contribution in [0.5, 0.6) is 5.75 Å². The smallest absolute Gasteiger partial charge is 0.195 e. The lowest BCUT2D eigenvalue weighted by Crippen LogP contribution is -2.17. The van der Waals surface area contributed by atoms with E-state index in [2.05, 4.69) is 0 Å². The molecule has 0 aliphatic carbocycles. The van der Waals surface area contributed by atoms with Gasteiger partial charge in [-0.2, -0.15) is 0 Å². The second kappa shape index (κ2) is 4.50. The van der Waals surface area contributed by atoms with Crippen molar-refractivity contribution in [1.82, 2.24) is 0 Å². The van der Waals surface area contributed by atoms with Crippen LogP contribution >= 0.6 is 0 Å². The summed E-state index contributed by atoms with van der Waals surface area (Å²) in [7, 11) is 0. The van der Waals surface area contributed by atoms with E-state index in [9.17, 15) is 18.3 Å². The normalized spacial score (nSPS) is 12.9. The Morgan fingerprint density at radius 2 is 1.87 bits per heavy atom. The van der Waals surface area contributed by atoms with Gasteiger partial charge in [-0.1, -0.05) is 0 Å². The van der Waals surface area contributed by atoms with Gasteiger partial charge in [-0.15, -0.1) is 0 Å². The number of phenolic OH excluding ortho intramolecular Hbond substituents is 1. The maximum Gasteiger partial charge on any atom is 0.195 e. The molecule has 6 heteroatoms. The van der Waals surface area contributed by atoms with E-state index in [1.165, 1.54) is 0 Å². The van der Waals surface area contributed by atoms with Crippen molar-refractivity contribution in [1.29, 1.82) is 0 Å². The van der Waals surface area contributed by atoms with E-state index in [1.807, 2.05) is 0 Å². The first kappa shape index (κ1) is 11.8. The van der Waals surface area contributed by atoms with Gasteiger partial charge < -0.3 is 16.6 Å². The van der Waals surface area contributed by atoms with Gasteiger partial charge in [-0.3, -0.25) is 0 Å². The van der Waals surface area contributed by atoms with Crippen molar-refractivity contribution in [3.63, 3.8) is 0 Å². The Morgan fingerprint density at radius 1 is 1.27 bits per heavy atom. The Bertz CT molecular complexity index is 371. The zero-order chi connectivity index (χ0) is 11.6. The van der Waals surface area contributed by atoms with Crippen LogP contribution in [-0.2, 0) is 0 Å². The molecule has 0 aromatic heterocycles. The summed E-state index contributed by atoms with van der Waals surface area (Å²) < 4.78 is 38.7. The largest absolute Gasteiger partial charge is 0.507 e. The van der Waals surface area contributed by atoms with Crippen molar-refractivity contribution in [3.8, 4) is 5.75 Å². The molecule has 1 aromatic rings. The van der Waals surface area contributed by atoms with Gasteiger partial charge in [0.05, 0.1) is 0 Å². The minimum atomic E-state index is -1.64. The van der Waals surface area contributed by atoms with Crippen LogP contribution in [0.2, 0.25) is 0 Å². The third-order valence-corrected chi connectivity index (χ3v) is 2.03. The summed E-state index contributed by atoms with van der Waals surface area (Å²) in [6.07, 6.45) is 0.162. The van der Waals surface area contributed by atoms with Gasteiger partial charge in [0.1, 0.15) is 5.75 Å². The van der Waals surface area contributed by atoms with Gasteiger partial charge in [-0.25, -0.2) is 13.2 Å². The first-order valence-corrected chi connectivity index (χ1v) is 4.31. The summed E-state index contributed by atoms with van der Waals surface area (Å²) in [6, 6.07) is -0.463. The predicted octanol–water partition coefficient (Wildman–Crippen LogP) is 1.16. The third-order valence-electron chi connectivity index (χ3n) is 2.03. The topological polar surface area (TPSA) is 72.3 Å². The molecule has 0 amide bonds. The maximum atomic E-state index is 13.2. The van der Waals surface area contributed by atoms with Crippen LogP contribution in [0.4, 0.5) is 13.2 Å². The number of hydrogen-bond donors (Lipinski definition) is 3. The molecule has 0 saturated heterocycles. The van der Waals surface area contributed by atoms with Crippen molar-refractivity contribution in [2.24, 2.45) is 11.5 Å². The van der Waals surface area contributed by atoms with E-state index in [-0.39, 0.29) is 13.0 Å². The second-order valence-corrected chi connectivity index (χ2v) is 3.10. The highest BCUT2D eigenvalue weighted by Gasteiger charge is 2.22. The van der Waals surface area contributed by atoms with Crippen molar-refractivity contribution in [2.45, 2.75) is 12.5 Å². The van der Waals surface area contributed by atoms with Crippen LogP contribution < -0.4 is 11.5 Å². The zero-order valence-corrected chi connectivity index (χ0v) is 7.80. The van der Waals surface area contributed by atoms with E-state index in [1.54, 1.807) is 0 Å². The average Bonchev–Trinajstić information content (AvgIpc) is 2.15. The molecule has 0 unspecified atom stereocenters. The SMILES string of the molecule is NCC[C@H](N)c1c(O)cc(F)c(F)c1F. The molecule has 0 bridgehead atoms. The molecule has 15 heavy (non-hydrogen) atoms. The van der Waals surface area contributed by atoms with Crippen molar-refractivity contribution in [3.05, 3.63) is 29.1 Å². The quantitative estimate of drug-likeness (QED) is 0.669. The molecule has 0 fully saturated rings. The Balaban J connectivity index is 3.23. The van der Waals surface area contributed by atoms with E-state index in [0.29, 0.717) is 6.07 Å². The molecule has 0 aliphatic rings. The third kappa shape index (κ3) is 2.21. The standard InChI is InChI=1S/C9H11F3N2O/c10-4-3-6(15)7(5(14)1-2-13)9(12)8(4)11/h3,5,15H,1-2,13-14H2/t5-/m0/s1. The van der Waals surface area contributed by atoms with Gasteiger partial charge in [0, 0.05) is 17.7 Å². The lowest BCUT2D eigenvalue weighted by atomic mass is 10.0. The Hall–Kier alpha value is -1.27. The molecule has 5 N–H and O–H groups in total. The summed E-state index contributed by atoms with van der Waals surface area (Å²) in [4.78, 5) is 0. The fourth-order valence-corrected chi connectivity index (χ4v) is 1.27. The number of hydrogen-bond acceptors (Lipinski definition) is 3. The molecule has 1 aromatic carbocycles. The summed E-state index contributed by atoms with van der Waals surface area (Å²) in [5.74, 6) is -5.26. The highest BCUT2D eigenvalue weighted by molar-refractivity contribution is 5.37. The van der Waals surface area contributed by atoms with E-state index >= 15 is 0 Å². The molecule has 1 rings (SSSR count). The Labute approximate surface area is 84.5 Å². The fourth-order valence-electron chi connectivity index (χ4n) is 1.27. The van der Waals surface area contributed by atoms with E-state index in [4.69, 9.17) is 11.5 Å². The second-order valence-electron chi connectivity index (χ2n) is 3.10. The molecule has 0 heterocycles. The monoisotopic (exact) mass is 220 g/mol. The molecule has 1 atom stereocenters. The lowest BCUT2D eigenvalue weighted by Gasteiger charge is -2.14. The summed E-state index contributed by atoms with van der Waals surface area (Å²) in [5.41, 5.74) is 10.2. The van der Waals surface area contributed by atoms with Gasteiger partial charge in [-0.05, 0) is 13.0 Å². The van der Waals surface area contributed by atoms with Gasteiger partial charge in [0.15, 0.2) is 17.5 Å². The maximum absolute atomic E-state index is 13.2. The summed E-state index contributed by atoms with van der Waals surface area (Å²) >= 11 is 0. The van der Waals surface area contributed by atoms with Gasteiger partial charge >= 0.3 is 0 Å². The van der Waals surface area contributed by atoms with Crippen molar-refractivity contribution < 1.29 is 18.3 Å². The highest BCUT2D eigenvalue weighted by Crippen LogP contribution is 2.30. The molecule has 0 radical (unpaired) electrons. The first-order chi connectivity index (χ1) is 6.99. The zero-order valence-electron chi connectivity index (χ0n) is 7.80. The fraction of sp³-hybridized carbons (Fsp3) is 0.333. The van der Waals surface area contributed by atoms with Crippen LogP contribution in [0.1, 0.15) is 18.0 Å². The summed E-state index contributed by atoms with van der Waals surface area (Å²) in [5, 5.41) is 9.23. The number of halogens is 3. The summed E-state index contributed by atoms with van der Waals surface area (Å²) in [6.45, 7) is 0.152. The molecule has 84 valence electrons.